The van der Waals surface area contributed by atoms with E-state index in [1.54, 1.807) is 0 Å². The van der Waals surface area contributed by atoms with Gasteiger partial charge in [-0.15, -0.1) is 0 Å². The highest BCUT2D eigenvalue weighted by Crippen LogP contribution is 2.68. The zero-order chi connectivity index (χ0) is 9.34. The van der Waals surface area contributed by atoms with Crippen LogP contribution in [0.25, 0.3) is 0 Å². The lowest BCUT2D eigenvalue weighted by atomic mass is 9.65. The average Bonchev–Trinajstić information content (AvgIpc) is 2.48. The van der Waals surface area contributed by atoms with E-state index < -0.39 is 5.60 Å². The molecule has 1 aromatic rings. The van der Waals surface area contributed by atoms with Crippen molar-refractivity contribution in [3.05, 3.63) is 35.4 Å². The number of rotatable bonds is 0. The molecule has 4 atom stereocenters. The van der Waals surface area contributed by atoms with Crippen LogP contribution in [-0.4, -0.2) is 5.11 Å². The van der Waals surface area contributed by atoms with Crippen LogP contribution in [0, 0.1) is 11.8 Å². The summed E-state index contributed by atoms with van der Waals surface area (Å²) in [5.74, 6) is 2.07. The van der Waals surface area contributed by atoms with E-state index in [4.69, 9.17) is 0 Å². The minimum Gasteiger partial charge on any atom is -0.385 e. The van der Waals surface area contributed by atoms with Crippen molar-refractivity contribution >= 4 is 0 Å². The Morgan fingerprint density at radius 1 is 1.29 bits per heavy atom. The molecule has 14 heavy (non-hydrogen) atoms. The van der Waals surface area contributed by atoms with E-state index in [9.17, 15) is 5.11 Å². The molecular weight excluding hydrogens is 172 g/mol. The largest absolute Gasteiger partial charge is 0.385 e. The van der Waals surface area contributed by atoms with E-state index in [2.05, 4.69) is 24.3 Å². The molecule has 0 saturated heterocycles. The molecule has 0 radical (unpaired) electrons. The molecule has 1 N–H and O–H groups in total. The maximum atomic E-state index is 10.7. The Labute approximate surface area is 83.8 Å². The van der Waals surface area contributed by atoms with Crippen molar-refractivity contribution in [3.63, 3.8) is 0 Å². The predicted molar refractivity (Wildman–Crippen MR) is 53.9 cm³/mol. The quantitative estimate of drug-likeness (QED) is 0.659. The molecule has 0 bridgehead atoms. The third-order valence-corrected chi connectivity index (χ3v) is 4.77. The van der Waals surface area contributed by atoms with Gasteiger partial charge < -0.3 is 5.11 Å². The van der Waals surface area contributed by atoms with E-state index in [1.807, 2.05) is 0 Å². The summed E-state index contributed by atoms with van der Waals surface area (Å²) in [6.45, 7) is 0. The Morgan fingerprint density at radius 3 is 3.07 bits per heavy atom. The van der Waals surface area contributed by atoms with Gasteiger partial charge in [-0.05, 0) is 42.2 Å². The number of fused-ring (bicyclic) bond motifs is 3. The maximum absolute atomic E-state index is 10.7. The first-order valence-electron chi connectivity index (χ1n) is 5.62. The van der Waals surface area contributed by atoms with Crippen molar-refractivity contribution in [2.24, 2.45) is 11.8 Å². The molecule has 4 rings (SSSR count). The second-order valence-electron chi connectivity index (χ2n) is 5.18. The average molecular weight is 186 g/mol. The van der Waals surface area contributed by atoms with Crippen LogP contribution in [0.5, 0.6) is 0 Å². The van der Waals surface area contributed by atoms with Crippen LogP contribution < -0.4 is 0 Å². The Bertz CT molecular complexity index is 411. The van der Waals surface area contributed by atoms with Crippen LogP contribution in [0.3, 0.4) is 0 Å². The molecule has 0 amide bonds. The van der Waals surface area contributed by atoms with Crippen molar-refractivity contribution in [2.75, 3.05) is 0 Å². The zero-order valence-corrected chi connectivity index (χ0v) is 8.11. The summed E-state index contributed by atoms with van der Waals surface area (Å²) < 4.78 is 0. The summed E-state index contributed by atoms with van der Waals surface area (Å²) in [7, 11) is 0. The van der Waals surface area contributed by atoms with Crippen LogP contribution in [-0.2, 0) is 5.60 Å². The van der Waals surface area contributed by atoms with Gasteiger partial charge in [-0.3, -0.25) is 0 Å². The number of aliphatic hydroxyl groups is 1. The smallest absolute Gasteiger partial charge is 0.0935 e. The van der Waals surface area contributed by atoms with Crippen LogP contribution in [0.4, 0.5) is 0 Å². The van der Waals surface area contributed by atoms with Crippen molar-refractivity contribution in [1.82, 2.24) is 0 Å². The molecule has 1 nitrogen and oxygen atoms in total. The van der Waals surface area contributed by atoms with Crippen molar-refractivity contribution < 1.29 is 5.11 Å². The molecule has 0 aliphatic heterocycles. The fourth-order valence-corrected chi connectivity index (χ4v) is 4.19. The second kappa shape index (κ2) is 2.06. The van der Waals surface area contributed by atoms with E-state index in [0.29, 0.717) is 11.8 Å². The SMILES string of the molecule is OC12CC[C@@H]3C[C@H](c4ccccc41)[C@@H]32. The van der Waals surface area contributed by atoms with Gasteiger partial charge in [0.2, 0.25) is 0 Å². The minimum atomic E-state index is -0.440. The molecule has 0 aromatic heterocycles. The monoisotopic (exact) mass is 186 g/mol. The lowest BCUT2D eigenvalue weighted by Gasteiger charge is -2.40. The van der Waals surface area contributed by atoms with Crippen LogP contribution in [0.2, 0.25) is 0 Å². The molecular formula is C13H14O. The Kier molecular flexibility index (Phi) is 1.10. The third kappa shape index (κ3) is 0.594. The van der Waals surface area contributed by atoms with Gasteiger partial charge in [0, 0.05) is 5.92 Å². The fraction of sp³-hybridized carbons (Fsp3) is 0.538. The molecule has 3 aliphatic carbocycles. The topological polar surface area (TPSA) is 20.2 Å². The molecule has 72 valence electrons. The normalized spacial score (nSPS) is 47.1. The van der Waals surface area contributed by atoms with Gasteiger partial charge >= 0.3 is 0 Å². The summed E-state index contributed by atoms with van der Waals surface area (Å²) in [5, 5.41) is 10.7. The van der Waals surface area contributed by atoms with Crippen molar-refractivity contribution in [2.45, 2.75) is 30.8 Å². The van der Waals surface area contributed by atoms with Gasteiger partial charge in [0.05, 0.1) is 5.60 Å². The number of benzene rings is 1. The molecule has 1 unspecified atom stereocenters. The van der Waals surface area contributed by atoms with E-state index >= 15 is 0 Å². The predicted octanol–water partition coefficient (Wildman–Crippen LogP) is 2.40. The van der Waals surface area contributed by atoms with Crippen LogP contribution >= 0.6 is 0 Å². The first-order chi connectivity index (χ1) is 6.81. The highest BCUT2D eigenvalue weighted by Gasteiger charge is 2.63. The highest BCUT2D eigenvalue weighted by atomic mass is 16.3. The molecule has 1 heteroatoms. The number of hydrogen-bond acceptors (Lipinski definition) is 1. The van der Waals surface area contributed by atoms with Gasteiger partial charge in [0.15, 0.2) is 0 Å². The molecule has 3 aliphatic rings. The maximum Gasteiger partial charge on any atom is 0.0935 e. The van der Waals surface area contributed by atoms with Gasteiger partial charge in [0.25, 0.3) is 0 Å². The zero-order valence-electron chi connectivity index (χ0n) is 8.11. The molecule has 1 aromatic carbocycles. The minimum absolute atomic E-state index is 0.440. The first kappa shape index (κ1) is 7.47. The van der Waals surface area contributed by atoms with E-state index in [-0.39, 0.29) is 0 Å². The van der Waals surface area contributed by atoms with E-state index in [1.165, 1.54) is 24.0 Å². The summed E-state index contributed by atoms with van der Waals surface area (Å²) in [6, 6.07) is 8.52. The van der Waals surface area contributed by atoms with Gasteiger partial charge in [-0.1, -0.05) is 24.3 Å². The molecule has 0 spiro atoms. The van der Waals surface area contributed by atoms with Gasteiger partial charge in [0.1, 0.15) is 0 Å². The molecule has 0 heterocycles. The second-order valence-corrected chi connectivity index (χ2v) is 5.18. The van der Waals surface area contributed by atoms with Crippen molar-refractivity contribution in [1.29, 1.82) is 0 Å². The molecule has 2 fully saturated rings. The summed E-state index contributed by atoms with van der Waals surface area (Å²) >= 11 is 0. The Morgan fingerprint density at radius 2 is 2.14 bits per heavy atom. The van der Waals surface area contributed by atoms with Crippen LogP contribution in [0.1, 0.15) is 36.3 Å². The first-order valence-corrected chi connectivity index (χ1v) is 5.62. The van der Waals surface area contributed by atoms with Crippen molar-refractivity contribution in [3.8, 4) is 0 Å². The van der Waals surface area contributed by atoms with Gasteiger partial charge in [-0.2, -0.15) is 0 Å². The fourth-order valence-electron chi connectivity index (χ4n) is 4.19. The van der Waals surface area contributed by atoms with E-state index in [0.717, 1.165) is 12.3 Å². The van der Waals surface area contributed by atoms with Gasteiger partial charge in [-0.25, -0.2) is 0 Å². The number of hydrogen-bond donors (Lipinski definition) is 1. The Hall–Kier alpha value is -0.820. The molecule has 2 saturated carbocycles. The van der Waals surface area contributed by atoms with Crippen LogP contribution in [0.15, 0.2) is 24.3 Å². The summed E-state index contributed by atoms with van der Waals surface area (Å²) in [5.41, 5.74) is 2.25. The lowest BCUT2D eigenvalue weighted by molar-refractivity contribution is -0.0381. The lowest BCUT2D eigenvalue weighted by Crippen LogP contribution is -2.37. The standard InChI is InChI=1S/C13H14O/c14-13-6-5-8-7-10(12(8)13)9-3-1-2-4-11(9)13/h1-4,8,10,12,14H,5-7H2/t8-,10-,12-,13?/m1/s1. The summed E-state index contributed by atoms with van der Waals surface area (Å²) in [6.07, 6.45) is 3.56. The Balaban J connectivity index is 2.00. The highest BCUT2D eigenvalue weighted by molar-refractivity contribution is 5.46. The summed E-state index contributed by atoms with van der Waals surface area (Å²) in [4.78, 5) is 0. The third-order valence-electron chi connectivity index (χ3n) is 4.77.